The van der Waals surface area contributed by atoms with Gasteiger partial charge in [-0.2, -0.15) is 0 Å². The highest BCUT2D eigenvalue weighted by Crippen LogP contribution is 2.31. The van der Waals surface area contributed by atoms with Crippen LogP contribution in [0.5, 0.6) is 0 Å². The number of carboxylic acids is 1. The number of aromatic carboxylic acids is 1. The van der Waals surface area contributed by atoms with E-state index in [1.54, 1.807) is 18.2 Å². The van der Waals surface area contributed by atoms with Crippen LogP contribution >= 0.6 is 11.6 Å². The molecule has 0 aliphatic carbocycles. The van der Waals surface area contributed by atoms with Gasteiger partial charge in [-0.3, -0.25) is 0 Å². The van der Waals surface area contributed by atoms with E-state index in [1.165, 1.54) is 0 Å². The highest BCUT2D eigenvalue weighted by atomic mass is 35.5. The summed E-state index contributed by atoms with van der Waals surface area (Å²) in [5, 5.41) is 9.62. The summed E-state index contributed by atoms with van der Waals surface area (Å²) in [6.45, 7) is 3.89. The smallest absolute Gasteiger partial charge is 0.335 e. The van der Waals surface area contributed by atoms with Gasteiger partial charge in [-0.15, -0.1) is 0 Å². The highest BCUT2D eigenvalue weighted by molar-refractivity contribution is 6.33. The summed E-state index contributed by atoms with van der Waals surface area (Å²) < 4.78 is 0. The number of carboxylic acid groups (broad SMARTS) is 1. The molecule has 1 N–H and O–H groups in total. The van der Waals surface area contributed by atoms with Gasteiger partial charge in [0.25, 0.3) is 0 Å². The molecule has 18 heavy (non-hydrogen) atoms. The summed E-state index contributed by atoms with van der Waals surface area (Å²) in [6.07, 6.45) is 0. The van der Waals surface area contributed by atoms with Crippen molar-refractivity contribution in [2.45, 2.75) is 13.8 Å². The van der Waals surface area contributed by atoms with Gasteiger partial charge in [0.05, 0.1) is 5.56 Å². The average Bonchev–Trinajstić information content (AvgIpc) is 2.32. The Hall–Kier alpha value is -1.80. The molecule has 2 rings (SSSR count). The van der Waals surface area contributed by atoms with E-state index in [0.717, 1.165) is 22.3 Å². The van der Waals surface area contributed by atoms with Crippen molar-refractivity contribution in [1.82, 2.24) is 0 Å². The van der Waals surface area contributed by atoms with Crippen molar-refractivity contribution < 1.29 is 9.90 Å². The van der Waals surface area contributed by atoms with Crippen LogP contribution in [-0.2, 0) is 0 Å². The van der Waals surface area contributed by atoms with E-state index in [9.17, 15) is 4.79 Å². The maximum atomic E-state index is 10.9. The van der Waals surface area contributed by atoms with Crippen LogP contribution in [0.4, 0.5) is 0 Å². The molecular weight excluding hydrogens is 248 g/mol. The van der Waals surface area contributed by atoms with Crippen LogP contribution < -0.4 is 0 Å². The quantitative estimate of drug-likeness (QED) is 0.873. The molecule has 0 fully saturated rings. The first kappa shape index (κ1) is 12.7. The maximum absolute atomic E-state index is 10.9. The first-order valence-corrected chi connectivity index (χ1v) is 5.97. The van der Waals surface area contributed by atoms with Gasteiger partial charge < -0.3 is 5.11 Å². The molecule has 0 aliphatic rings. The predicted molar refractivity (Wildman–Crippen MR) is 73.3 cm³/mol. The third kappa shape index (κ3) is 2.39. The first-order valence-electron chi connectivity index (χ1n) is 5.59. The van der Waals surface area contributed by atoms with E-state index in [2.05, 4.69) is 0 Å². The molecule has 3 heteroatoms. The lowest BCUT2D eigenvalue weighted by Gasteiger charge is -2.10. The van der Waals surface area contributed by atoms with Gasteiger partial charge in [0.15, 0.2) is 0 Å². The molecule has 0 radical (unpaired) electrons. The number of aryl methyl sites for hydroxylation is 2. The van der Waals surface area contributed by atoms with E-state index in [0.29, 0.717) is 10.6 Å². The zero-order valence-electron chi connectivity index (χ0n) is 10.2. The summed E-state index contributed by atoms with van der Waals surface area (Å²) in [7, 11) is 0. The van der Waals surface area contributed by atoms with Crippen molar-refractivity contribution in [2.75, 3.05) is 0 Å². The molecule has 92 valence electrons. The SMILES string of the molecule is Cc1ccc(Cl)c(-c2ccc(C(=O)O)cc2C)c1. The van der Waals surface area contributed by atoms with Gasteiger partial charge in [-0.25, -0.2) is 4.79 Å². The Kier molecular flexibility index (Phi) is 3.39. The molecule has 0 aliphatic heterocycles. The fourth-order valence-electron chi connectivity index (χ4n) is 1.94. The number of rotatable bonds is 2. The lowest BCUT2D eigenvalue weighted by Crippen LogP contribution is -1.97. The summed E-state index contributed by atoms with van der Waals surface area (Å²) in [6, 6.07) is 10.9. The van der Waals surface area contributed by atoms with Crippen molar-refractivity contribution in [3.63, 3.8) is 0 Å². The van der Waals surface area contributed by atoms with Crippen molar-refractivity contribution in [3.8, 4) is 11.1 Å². The fourth-order valence-corrected chi connectivity index (χ4v) is 2.16. The molecule has 0 heterocycles. The molecule has 0 saturated carbocycles. The zero-order chi connectivity index (χ0) is 13.3. The Morgan fingerprint density at radius 1 is 1.06 bits per heavy atom. The van der Waals surface area contributed by atoms with Gasteiger partial charge in [-0.05, 0) is 49.2 Å². The second-order valence-electron chi connectivity index (χ2n) is 4.32. The van der Waals surface area contributed by atoms with Gasteiger partial charge in [-0.1, -0.05) is 29.3 Å². The lowest BCUT2D eigenvalue weighted by molar-refractivity contribution is 0.0697. The van der Waals surface area contributed by atoms with Crippen LogP contribution in [-0.4, -0.2) is 11.1 Å². The summed E-state index contributed by atoms with van der Waals surface area (Å²) in [4.78, 5) is 10.9. The molecule has 0 amide bonds. The molecule has 0 unspecified atom stereocenters. The third-order valence-corrected chi connectivity index (χ3v) is 3.21. The second-order valence-corrected chi connectivity index (χ2v) is 4.73. The van der Waals surface area contributed by atoms with E-state index >= 15 is 0 Å². The first-order chi connectivity index (χ1) is 8.49. The molecule has 0 bridgehead atoms. The Bertz CT molecular complexity index is 618. The molecule has 2 nitrogen and oxygen atoms in total. The Morgan fingerprint density at radius 3 is 2.39 bits per heavy atom. The van der Waals surface area contributed by atoms with E-state index < -0.39 is 5.97 Å². The number of hydrogen-bond acceptors (Lipinski definition) is 1. The molecule has 0 aromatic heterocycles. The average molecular weight is 261 g/mol. The molecule has 2 aromatic rings. The molecule has 0 saturated heterocycles. The lowest BCUT2D eigenvalue weighted by atomic mass is 9.97. The minimum Gasteiger partial charge on any atom is -0.478 e. The van der Waals surface area contributed by atoms with Gasteiger partial charge in [0.2, 0.25) is 0 Å². The third-order valence-electron chi connectivity index (χ3n) is 2.89. The molecule has 0 atom stereocenters. The maximum Gasteiger partial charge on any atom is 0.335 e. The predicted octanol–water partition coefficient (Wildman–Crippen LogP) is 4.32. The highest BCUT2D eigenvalue weighted by Gasteiger charge is 2.09. The summed E-state index contributed by atoms with van der Waals surface area (Å²) in [5.74, 6) is -0.917. The number of carbonyl (C=O) groups is 1. The van der Waals surface area contributed by atoms with Crippen LogP contribution in [0.1, 0.15) is 21.5 Å². The number of hydrogen-bond donors (Lipinski definition) is 1. The van der Waals surface area contributed by atoms with Gasteiger partial charge in [0.1, 0.15) is 0 Å². The molecule has 0 spiro atoms. The topological polar surface area (TPSA) is 37.3 Å². The largest absolute Gasteiger partial charge is 0.478 e. The number of benzene rings is 2. The Morgan fingerprint density at radius 2 is 1.78 bits per heavy atom. The van der Waals surface area contributed by atoms with Gasteiger partial charge >= 0.3 is 5.97 Å². The van der Waals surface area contributed by atoms with Gasteiger partial charge in [0, 0.05) is 10.6 Å². The van der Waals surface area contributed by atoms with E-state index in [1.807, 2.05) is 32.0 Å². The second kappa shape index (κ2) is 4.83. The molecule has 2 aromatic carbocycles. The van der Waals surface area contributed by atoms with Crippen molar-refractivity contribution >= 4 is 17.6 Å². The fraction of sp³-hybridized carbons (Fsp3) is 0.133. The van der Waals surface area contributed by atoms with Crippen LogP contribution in [0.15, 0.2) is 36.4 Å². The Balaban J connectivity index is 2.58. The molecular formula is C15H13ClO2. The van der Waals surface area contributed by atoms with Crippen LogP contribution in [0.25, 0.3) is 11.1 Å². The zero-order valence-corrected chi connectivity index (χ0v) is 11.0. The number of halogens is 1. The van der Waals surface area contributed by atoms with E-state index in [-0.39, 0.29) is 0 Å². The monoisotopic (exact) mass is 260 g/mol. The van der Waals surface area contributed by atoms with Crippen molar-refractivity contribution in [1.29, 1.82) is 0 Å². The summed E-state index contributed by atoms with van der Waals surface area (Å²) >= 11 is 6.19. The normalized spacial score (nSPS) is 10.4. The van der Waals surface area contributed by atoms with Crippen LogP contribution in [0.2, 0.25) is 5.02 Å². The van der Waals surface area contributed by atoms with Crippen LogP contribution in [0, 0.1) is 13.8 Å². The van der Waals surface area contributed by atoms with Crippen molar-refractivity contribution in [3.05, 3.63) is 58.1 Å². The minimum atomic E-state index is -0.917. The Labute approximate surface area is 111 Å². The van der Waals surface area contributed by atoms with Crippen molar-refractivity contribution in [2.24, 2.45) is 0 Å². The van der Waals surface area contributed by atoms with Crippen LogP contribution in [0.3, 0.4) is 0 Å². The minimum absolute atomic E-state index is 0.292. The van der Waals surface area contributed by atoms with E-state index in [4.69, 9.17) is 16.7 Å². The standard InChI is InChI=1S/C15H13ClO2/c1-9-3-6-14(16)13(7-9)12-5-4-11(15(17)18)8-10(12)2/h3-8H,1-2H3,(H,17,18). The summed E-state index contributed by atoms with van der Waals surface area (Å²) in [5.41, 5.74) is 4.22.